The van der Waals surface area contributed by atoms with Gasteiger partial charge in [0.25, 0.3) is 0 Å². The Kier molecular flexibility index (Phi) is 2.35. The molecule has 0 aliphatic heterocycles. The monoisotopic (exact) mass is 141 g/mol. The van der Waals surface area contributed by atoms with Crippen molar-refractivity contribution in [1.29, 1.82) is 0 Å². The second-order valence-corrected chi connectivity index (χ2v) is 3.88. The quantitative estimate of drug-likeness (QED) is 0.638. The van der Waals surface area contributed by atoms with Gasteiger partial charge < -0.3 is 5.73 Å². The minimum atomic E-state index is 0.644. The molecule has 1 aliphatic carbocycles. The lowest BCUT2D eigenvalue weighted by Crippen LogP contribution is -2.07. The zero-order valence-electron chi connectivity index (χ0n) is 7.19. The van der Waals surface area contributed by atoms with Crippen LogP contribution < -0.4 is 5.73 Å². The van der Waals surface area contributed by atoms with E-state index in [9.17, 15) is 0 Å². The van der Waals surface area contributed by atoms with Gasteiger partial charge in [0.2, 0.25) is 0 Å². The van der Waals surface area contributed by atoms with Gasteiger partial charge in [0, 0.05) is 0 Å². The number of hydrogen-bond acceptors (Lipinski definition) is 1. The molecule has 0 radical (unpaired) electrons. The standard InChI is InChI=1S/C9H19N/c1-3-4-8-7-9(8,2)5-6-10/h8H,3-7,10H2,1-2H3. The maximum absolute atomic E-state index is 5.51. The van der Waals surface area contributed by atoms with Gasteiger partial charge in [-0.1, -0.05) is 26.7 Å². The summed E-state index contributed by atoms with van der Waals surface area (Å²) < 4.78 is 0. The van der Waals surface area contributed by atoms with Gasteiger partial charge in [-0.15, -0.1) is 0 Å². The molecule has 0 bridgehead atoms. The molecule has 60 valence electrons. The van der Waals surface area contributed by atoms with Crippen molar-refractivity contribution in [2.75, 3.05) is 6.54 Å². The van der Waals surface area contributed by atoms with Gasteiger partial charge in [0.1, 0.15) is 0 Å². The minimum Gasteiger partial charge on any atom is -0.330 e. The molecule has 2 unspecified atom stereocenters. The lowest BCUT2D eigenvalue weighted by molar-refractivity contribution is 0.451. The van der Waals surface area contributed by atoms with Gasteiger partial charge in [0.15, 0.2) is 0 Å². The van der Waals surface area contributed by atoms with Crippen LogP contribution in [0.5, 0.6) is 0 Å². The second kappa shape index (κ2) is 2.91. The molecule has 1 saturated carbocycles. The molecule has 2 atom stereocenters. The molecule has 0 aromatic rings. The molecule has 1 rings (SSSR count). The van der Waals surface area contributed by atoms with Crippen LogP contribution in [0.2, 0.25) is 0 Å². The van der Waals surface area contributed by atoms with E-state index in [0.717, 1.165) is 12.5 Å². The molecule has 0 spiro atoms. The Morgan fingerprint density at radius 1 is 1.60 bits per heavy atom. The molecule has 10 heavy (non-hydrogen) atoms. The van der Waals surface area contributed by atoms with E-state index in [-0.39, 0.29) is 0 Å². The largest absolute Gasteiger partial charge is 0.330 e. The molecule has 1 heteroatoms. The Balaban J connectivity index is 2.19. The van der Waals surface area contributed by atoms with Crippen molar-refractivity contribution in [3.63, 3.8) is 0 Å². The van der Waals surface area contributed by atoms with Gasteiger partial charge in [-0.2, -0.15) is 0 Å². The highest BCUT2D eigenvalue weighted by atomic mass is 14.6. The second-order valence-electron chi connectivity index (χ2n) is 3.88. The molecule has 0 saturated heterocycles. The van der Waals surface area contributed by atoms with Crippen LogP contribution >= 0.6 is 0 Å². The van der Waals surface area contributed by atoms with E-state index < -0.39 is 0 Å². The average Bonchev–Trinajstić information content (AvgIpc) is 2.44. The maximum Gasteiger partial charge on any atom is -0.00720 e. The molecule has 1 nitrogen and oxygen atoms in total. The van der Waals surface area contributed by atoms with Crippen LogP contribution in [0, 0.1) is 11.3 Å². The third kappa shape index (κ3) is 1.51. The van der Waals surface area contributed by atoms with Crippen molar-refractivity contribution in [3.8, 4) is 0 Å². The fourth-order valence-electron chi connectivity index (χ4n) is 1.94. The summed E-state index contributed by atoms with van der Waals surface area (Å²) in [5, 5.41) is 0. The third-order valence-electron chi connectivity index (χ3n) is 2.89. The van der Waals surface area contributed by atoms with Crippen LogP contribution in [0.4, 0.5) is 0 Å². The van der Waals surface area contributed by atoms with Gasteiger partial charge in [-0.25, -0.2) is 0 Å². The third-order valence-corrected chi connectivity index (χ3v) is 2.89. The van der Waals surface area contributed by atoms with E-state index >= 15 is 0 Å². The van der Waals surface area contributed by atoms with Crippen LogP contribution in [0.3, 0.4) is 0 Å². The summed E-state index contributed by atoms with van der Waals surface area (Å²) in [6.45, 7) is 5.51. The maximum atomic E-state index is 5.51. The van der Waals surface area contributed by atoms with E-state index in [1.807, 2.05) is 0 Å². The van der Waals surface area contributed by atoms with Crippen molar-refractivity contribution in [3.05, 3.63) is 0 Å². The molecule has 0 heterocycles. The summed E-state index contributed by atoms with van der Waals surface area (Å²) in [6.07, 6.45) is 5.41. The summed E-state index contributed by atoms with van der Waals surface area (Å²) in [4.78, 5) is 0. The normalized spacial score (nSPS) is 38.1. The summed E-state index contributed by atoms with van der Waals surface area (Å²) in [6, 6.07) is 0. The first-order chi connectivity index (χ1) is 4.73. The summed E-state index contributed by atoms with van der Waals surface area (Å²) in [7, 11) is 0. The summed E-state index contributed by atoms with van der Waals surface area (Å²) in [5.74, 6) is 1.00. The Labute approximate surface area is 64.0 Å². The Hall–Kier alpha value is -0.0400. The Morgan fingerprint density at radius 3 is 2.80 bits per heavy atom. The van der Waals surface area contributed by atoms with Gasteiger partial charge in [-0.05, 0) is 30.7 Å². The van der Waals surface area contributed by atoms with E-state index in [0.29, 0.717) is 5.41 Å². The predicted octanol–water partition coefficient (Wildman–Crippen LogP) is 2.16. The lowest BCUT2D eigenvalue weighted by atomic mass is 10.00. The van der Waals surface area contributed by atoms with Crippen molar-refractivity contribution >= 4 is 0 Å². The van der Waals surface area contributed by atoms with Crippen molar-refractivity contribution in [2.24, 2.45) is 17.1 Å². The Morgan fingerprint density at radius 2 is 2.30 bits per heavy atom. The predicted molar refractivity (Wildman–Crippen MR) is 44.8 cm³/mol. The van der Waals surface area contributed by atoms with E-state index in [1.165, 1.54) is 25.7 Å². The molecule has 0 aromatic heterocycles. The van der Waals surface area contributed by atoms with Crippen molar-refractivity contribution in [2.45, 2.75) is 39.5 Å². The highest BCUT2D eigenvalue weighted by molar-refractivity contribution is 4.98. The van der Waals surface area contributed by atoms with Crippen LogP contribution in [0.1, 0.15) is 39.5 Å². The first-order valence-electron chi connectivity index (χ1n) is 4.43. The number of hydrogen-bond donors (Lipinski definition) is 1. The van der Waals surface area contributed by atoms with E-state index in [4.69, 9.17) is 5.73 Å². The fraction of sp³-hybridized carbons (Fsp3) is 1.00. The van der Waals surface area contributed by atoms with Crippen LogP contribution in [0.25, 0.3) is 0 Å². The van der Waals surface area contributed by atoms with Crippen LogP contribution in [-0.2, 0) is 0 Å². The summed E-state index contributed by atoms with van der Waals surface area (Å²) in [5.41, 5.74) is 6.16. The van der Waals surface area contributed by atoms with E-state index in [2.05, 4.69) is 13.8 Å². The number of nitrogens with two attached hydrogens (primary N) is 1. The summed E-state index contributed by atoms with van der Waals surface area (Å²) >= 11 is 0. The molecule has 0 amide bonds. The fourth-order valence-corrected chi connectivity index (χ4v) is 1.94. The smallest absolute Gasteiger partial charge is 0.00720 e. The minimum absolute atomic E-state index is 0.644. The van der Waals surface area contributed by atoms with E-state index in [1.54, 1.807) is 0 Å². The zero-order chi connectivity index (χ0) is 7.61. The Bertz CT molecular complexity index is 111. The first-order valence-corrected chi connectivity index (χ1v) is 4.43. The zero-order valence-corrected chi connectivity index (χ0v) is 7.19. The topological polar surface area (TPSA) is 26.0 Å². The molecule has 2 N–H and O–H groups in total. The first kappa shape index (κ1) is 8.06. The van der Waals surface area contributed by atoms with Crippen molar-refractivity contribution < 1.29 is 0 Å². The lowest BCUT2D eigenvalue weighted by Gasteiger charge is -2.07. The van der Waals surface area contributed by atoms with Gasteiger partial charge >= 0.3 is 0 Å². The molecular formula is C9H19N. The average molecular weight is 141 g/mol. The number of rotatable bonds is 4. The highest BCUT2D eigenvalue weighted by Gasteiger charge is 2.47. The van der Waals surface area contributed by atoms with Crippen LogP contribution in [-0.4, -0.2) is 6.54 Å². The molecule has 0 aromatic carbocycles. The van der Waals surface area contributed by atoms with Gasteiger partial charge in [0.05, 0.1) is 0 Å². The molecule has 1 aliphatic rings. The molecular weight excluding hydrogens is 122 g/mol. The van der Waals surface area contributed by atoms with Gasteiger partial charge in [-0.3, -0.25) is 0 Å². The van der Waals surface area contributed by atoms with Crippen molar-refractivity contribution in [1.82, 2.24) is 0 Å². The van der Waals surface area contributed by atoms with Crippen LogP contribution in [0.15, 0.2) is 0 Å². The highest BCUT2D eigenvalue weighted by Crippen LogP contribution is 2.56. The molecule has 1 fully saturated rings. The SMILES string of the molecule is CCCC1CC1(C)CCN.